The number of Topliss-reactive ketones (excluding diaryl/α,β-unsaturated/α-hetero) is 1. The van der Waals surface area contributed by atoms with Gasteiger partial charge in [-0.1, -0.05) is 12.1 Å². The first-order valence-electron chi connectivity index (χ1n) is 11.5. The molecule has 0 saturated heterocycles. The van der Waals surface area contributed by atoms with Crippen LogP contribution >= 0.6 is 0 Å². The van der Waals surface area contributed by atoms with Gasteiger partial charge in [-0.2, -0.15) is 0 Å². The zero-order chi connectivity index (χ0) is 25.7. The van der Waals surface area contributed by atoms with Crippen molar-refractivity contribution in [3.63, 3.8) is 0 Å². The Morgan fingerprint density at radius 3 is 2.47 bits per heavy atom. The number of hydrogen-bond acceptors (Lipinski definition) is 8. The molecule has 0 radical (unpaired) electrons. The minimum absolute atomic E-state index is 0.0489. The van der Waals surface area contributed by atoms with Crippen LogP contribution in [0.5, 0.6) is 17.2 Å². The first kappa shape index (κ1) is 25.0. The summed E-state index contributed by atoms with van der Waals surface area (Å²) in [6, 6.07) is 12.0. The second-order valence-corrected chi connectivity index (χ2v) is 8.49. The minimum Gasteiger partial charge on any atom is -0.493 e. The number of fused-ring (bicyclic) bond motifs is 1. The lowest BCUT2D eigenvalue weighted by Crippen LogP contribution is -2.30. The van der Waals surface area contributed by atoms with Crippen LogP contribution in [0.15, 0.2) is 57.9 Å². The number of nitrogens with zero attached hydrogens (tertiary/aromatic N) is 1. The number of ether oxygens (including phenoxy) is 3. The van der Waals surface area contributed by atoms with Crippen LogP contribution in [0.25, 0.3) is 0 Å². The van der Waals surface area contributed by atoms with Crippen molar-refractivity contribution in [2.45, 2.75) is 26.4 Å². The molecule has 0 unspecified atom stereocenters. The zero-order valence-corrected chi connectivity index (χ0v) is 20.5. The number of amides is 1. The lowest BCUT2D eigenvalue weighted by Gasteiger charge is -2.29. The SMILES string of the molecule is COc1cc2c(cc1OC)CN(Cc1cc(=O)c(OCC(=O)Nc3cccc(C(C)=O)c3)co1)CC2. The molecule has 0 spiro atoms. The fourth-order valence-electron chi connectivity index (χ4n) is 4.08. The smallest absolute Gasteiger partial charge is 0.262 e. The molecule has 2 aromatic carbocycles. The summed E-state index contributed by atoms with van der Waals surface area (Å²) in [6.07, 6.45) is 2.07. The number of nitrogens with one attached hydrogen (secondary N) is 1. The number of hydrogen-bond donors (Lipinski definition) is 1. The third-order valence-corrected chi connectivity index (χ3v) is 5.94. The monoisotopic (exact) mass is 492 g/mol. The summed E-state index contributed by atoms with van der Waals surface area (Å²) >= 11 is 0. The predicted molar refractivity (Wildman–Crippen MR) is 133 cm³/mol. The van der Waals surface area contributed by atoms with Crippen LogP contribution in [-0.4, -0.2) is 44.0 Å². The zero-order valence-electron chi connectivity index (χ0n) is 20.5. The average molecular weight is 493 g/mol. The van der Waals surface area contributed by atoms with Crippen molar-refractivity contribution < 1.29 is 28.2 Å². The third kappa shape index (κ3) is 5.92. The maximum Gasteiger partial charge on any atom is 0.262 e. The lowest BCUT2D eigenvalue weighted by atomic mass is 9.98. The van der Waals surface area contributed by atoms with Gasteiger partial charge in [0.2, 0.25) is 11.2 Å². The van der Waals surface area contributed by atoms with E-state index >= 15 is 0 Å². The summed E-state index contributed by atoms with van der Waals surface area (Å²) in [4.78, 5) is 38.4. The summed E-state index contributed by atoms with van der Waals surface area (Å²) < 4.78 is 21.8. The van der Waals surface area contributed by atoms with E-state index in [9.17, 15) is 14.4 Å². The maximum absolute atomic E-state index is 12.5. The Hall–Kier alpha value is -4.11. The number of carbonyl (C=O) groups is 2. The van der Waals surface area contributed by atoms with Gasteiger partial charge in [-0.3, -0.25) is 19.3 Å². The van der Waals surface area contributed by atoms with Crippen molar-refractivity contribution in [1.82, 2.24) is 4.90 Å². The second kappa shape index (κ2) is 11.1. The standard InChI is InChI=1S/C27H28N2O7/c1-17(30)18-5-4-6-21(9-18)28-27(32)16-36-26-15-35-22(12-23(26)31)14-29-8-7-19-10-24(33-2)25(34-3)11-20(19)13-29/h4-6,9-12,15H,7-8,13-14,16H2,1-3H3,(H,28,32). The van der Waals surface area contributed by atoms with Gasteiger partial charge in [-0.25, -0.2) is 0 Å². The predicted octanol–water partition coefficient (Wildman–Crippen LogP) is 3.44. The summed E-state index contributed by atoms with van der Waals surface area (Å²) in [5, 5.41) is 2.64. The minimum atomic E-state index is -0.460. The molecule has 36 heavy (non-hydrogen) atoms. The molecule has 0 atom stereocenters. The first-order valence-corrected chi connectivity index (χ1v) is 11.5. The van der Waals surface area contributed by atoms with Gasteiger partial charge in [0.1, 0.15) is 12.0 Å². The lowest BCUT2D eigenvalue weighted by molar-refractivity contribution is -0.118. The molecule has 2 heterocycles. The van der Waals surface area contributed by atoms with Crippen LogP contribution in [-0.2, 0) is 24.3 Å². The summed E-state index contributed by atoms with van der Waals surface area (Å²) in [5.41, 5.74) is 2.94. The molecule has 0 aliphatic carbocycles. The van der Waals surface area contributed by atoms with Crippen molar-refractivity contribution in [3.05, 3.63) is 81.4 Å². The number of anilines is 1. The number of rotatable bonds is 9. The summed E-state index contributed by atoms with van der Waals surface area (Å²) in [7, 11) is 3.23. The first-order chi connectivity index (χ1) is 17.4. The number of benzene rings is 2. The van der Waals surface area contributed by atoms with E-state index in [0.717, 1.165) is 18.5 Å². The van der Waals surface area contributed by atoms with Crippen molar-refractivity contribution >= 4 is 17.4 Å². The van der Waals surface area contributed by atoms with Crippen LogP contribution in [0.2, 0.25) is 0 Å². The van der Waals surface area contributed by atoms with Gasteiger partial charge < -0.3 is 23.9 Å². The highest BCUT2D eigenvalue weighted by Gasteiger charge is 2.20. The van der Waals surface area contributed by atoms with Crippen LogP contribution in [0.4, 0.5) is 5.69 Å². The van der Waals surface area contributed by atoms with E-state index < -0.39 is 5.91 Å². The molecular weight excluding hydrogens is 464 g/mol. The Balaban J connectivity index is 1.34. The van der Waals surface area contributed by atoms with Crippen LogP contribution < -0.4 is 25.0 Å². The third-order valence-electron chi connectivity index (χ3n) is 5.94. The van der Waals surface area contributed by atoms with Gasteiger partial charge in [0.25, 0.3) is 5.91 Å². The van der Waals surface area contributed by atoms with E-state index in [0.29, 0.717) is 41.6 Å². The molecule has 1 amide bonds. The number of carbonyl (C=O) groups excluding carboxylic acids is 2. The molecule has 1 aliphatic heterocycles. The van der Waals surface area contributed by atoms with Crippen molar-refractivity contribution in [3.8, 4) is 17.2 Å². The molecule has 1 aromatic heterocycles. The Morgan fingerprint density at radius 2 is 1.78 bits per heavy atom. The molecule has 0 saturated carbocycles. The molecule has 4 rings (SSSR count). The Kier molecular flexibility index (Phi) is 7.70. The van der Waals surface area contributed by atoms with Gasteiger partial charge in [0, 0.05) is 30.4 Å². The summed E-state index contributed by atoms with van der Waals surface area (Å²) in [6.45, 7) is 3.02. The number of methoxy groups -OCH3 is 2. The van der Waals surface area contributed by atoms with E-state index in [4.69, 9.17) is 18.6 Å². The normalized spacial score (nSPS) is 13.0. The quantitative estimate of drug-likeness (QED) is 0.453. The fourth-order valence-corrected chi connectivity index (χ4v) is 4.08. The Labute approximate surface area is 208 Å². The molecule has 9 nitrogen and oxygen atoms in total. The molecule has 9 heteroatoms. The van der Waals surface area contributed by atoms with E-state index in [-0.39, 0.29) is 23.6 Å². The van der Waals surface area contributed by atoms with Gasteiger partial charge in [0.15, 0.2) is 23.9 Å². The van der Waals surface area contributed by atoms with Crippen molar-refractivity contribution in [2.24, 2.45) is 0 Å². The van der Waals surface area contributed by atoms with E-state index in [2.05, 4.69) is 10.2 Å². The van der Waals surface area contributed by atoms with Crippen molar-refractivity contribution in [2.75, 3.05) is 32.7 Å². The molecule has 3 aromatic rings. The highest BCUT2D eigenvalue weighted by atomic mass is 16.5. The highest BCUT2D eigenvalue weighted by molar-refractivity contribution is 5.97. The topological polar surface area (TPSA) is 107 Å². The molecule has 188 valence electrons. The Morgan fingerprint density at radius 1 is 1.03 bits per heavy atom. The Bertz CT molecular complexity index is 1330. The maximum atomic E-state index is 12.5. The van der Waals surface area contributed by atoms with E-state index in [1.54, 1.807) is 38.5 Å². The van der Waals surface area contributed by atoms with Crippen LogP contribution in [0, 0.1) is 0 Å². The molecule has 1 aliphatic rings. The van der Waals surface area contributed by atoms with Crippen LogP contribution in [0.3, 0.4) is 0 Å². The largest absolute Gasteiger partial charge is 0.493 e. The highest BCUT2D eigenvalue weighted by Crippen LogP contribution is 2.33. The molecular formula is C27H28N2O7. The van der Waals surface area contributed by atoms with Gasteiger partial charge in [-0.15, -0.1) is 0 Å². The fraction of sp³-hybridized carbons (Fsp3) is 0.296. The van der Waals surface area contributed by atoms with Gasteiger partial charge >= 0.3 is 0 Å². The van der Waals surface area contributed by atoms with Crippen LogP contribution in [0.1, 0.15) is 34.2 Å². The van der Waals surface area contributed by atoms with Gasteiger partial charge in [-0.05, 0) is 48.7 Å². The van der Waals surface area contributed by atoms with Crippen molar-refractivity contribution in [1.29, 1.82) is 0 Å². The second-order valence-electron chi connectivity index (χ2n) is 8.49. The number of ketones is 1. The van der Waals surface area contributed by atoms with Gasteiger partial charge in [0.05, 0.1) is 20.8 Å². The van der Waals surface area contributed by atoms with E-state index in [1.165, 1.54) is 24.8 Å². The van der Waals surface area contributed by atoms with E-state index in [1.807, 2.05) is 12.1 Å². The molecule has 0 bridgehead atoms. The summed E-state index contributed by atoms with van der Waals surface area (Å²) in [5.74, 6) is 1.28. The molecule has 1 N–H and O–H groups in total. The average Bonchev–Trinajstić information content (AvgIpc) is 2.87. The molecule has 0 fully saturated rings.